The van der Waals surface area contributed by atoms with Crippen LogP contribution >= 0.6 is 11.8 Å². The number of aliphatic hydroxyl groups is 1. The van der Waals surface area contributed by atoms with Crippen molar-refractivity contribution in [1.29, 1.82) is 0 Å². The molecule has 0 radical (unpaired) electrons. The lowest BCUT2D eigenvalue weighted by Crippen LogP contribution is -2.22. The lowest BCUT2D eigenvalue weighted by atomic mass is 10.4. The van der Waals surface area contributed by atoms with E-state index >= 15 is 0 Å². The first kappa shape index (κ1) is 12.0. The van der Waals surface area contributed by atoms with Crippen LogP contribution in [-0.4, -0.2) is 44.9 Å². The second kappa shape index (κ2) is 5.70. The van der Waals surface area contributed by atoms with E-state index in [1.165, 1.54) is 25.9 Å². The smallest absolute Gasteiger partial charge is 0.168 e. The molecule has 2 rings (SSSR count). The van der Waals surface area contributed by atoms with E-state index in [0.717, 1.165) is 23.1 Å². The third-order valence-electron chi connectivity index (χ3n) is 3.04. The van der Waals surface area contributed by atoms with Crippen LogP contribution in [0.25, 0.3) is 0 Å². The maximum Gasteiger partial charge on any atom is 0.168 e. The van der Waals surface area contributed by atoms with E-state index in [1.807, 2.05) is 11.6 Å². The van der Waals surface area contributed by atoms with Crippen LogP contribution in [-0.2, 0) is 13.7 Å². The van der Waals surface area contributed by atoms with Gasteiger partial charge in [0.25, 0.3) is 0 Å². The van der Waals surface area contributed by atoms with Crippen molar-refractivity contribution in [3.63, 3.8) is 0 Å². The third kappa shape index (κ3) is 2.78. The highest BCUT2D eigenvalue weighted by Crippen LogP contribution is 2.18. The van der Waals surface area contributed by atoms with Crippen LogP contribution in [0, 0.1) is 0 Å². The molecule has 4 nitrogen and oxygen atoms in total. The molecule has 1 aromatic heterocycles. The molecule has 16 heavy (non-hydrogen) atoms. The first-order chi connectivity index (χ1) is 7.81. The summed E-state index contributed by atoms with van der Waals surface area (Å²) in [6.07, 6.45) is 4.45. The Hall–Kier alpha value is -0.520. The van der Waals surface area contributed by atoms with Crippen molar-refractivity contribution in [3.05, 3.63) is 11.9 Å². The van der Waals surface area contributed by atoms with Gasteiger partial charge in [-0.15, -0.1) is 0 Å². The van der Waals surface area contributed by atoms with Crippen molar-refractivity contribution in [3.8, 4) is 0 Å². The van der Waals surface area contributed by atoms with Crippen molar-refractivity contribution in [2.75, 3.05) is 25.4 Å². The molecule has 0 spiro atoms. The van der Waals surface area contributed by atoms with Gasteiger partial charge in [0.2, 0.25) is 0 Å². The average Bonchev–Trinajstić information content (AvgIpc) is 2.90. The molecule has 0 atom stereocenters. The number of hydrogen-bond acceptors (Lipinski definition) is 4. The number of rotatable bonds is 5. The molecule has 1 fully saturated rings. The molecule has 5 heteroatoms. The maximum absolute atomic E-state index is 9.05. The zero-order chi connectivity index (χ0) is 11.4. The Labute approximate surface area is 101 Å². The van der Waals surface area contributed by atoms with Gasteiger partial charge in [0.05, 0.1) is 18.5 Å². The largest absolute Gasteiger partial charge is 0.390 e. The van der Waals surface area contributed by atoms with Crippen LogP contribution in [0.4, 0.5) is 0 Å². The van der Waals surface area contributed by atoms with E-state index in [0.29, 0.717) is 0 Å². The van der Waals surface area contributed by atoms with E-state index in [1.54, 1.807) is 18.0 Å². The molecule has 0 amide bonds. The van der Waals surface area contributed by atoms with E-state index < -0.39 is 0 Å². The molecule has 1 saturated heterocycles. The van der Waals surface area contributed by atoms with Crippen molar-refractivity contribution >= 4 is 11.8 Å². The van der Waals surface area contributed by atoms with Crippen LogP contribution in [0.2, 0.25) is 0 Å². The fraction of sp³-hybridized carbons (Fsp3) is 0.727. The minimum absolute atomic E-state index is 0.0657. The van der Waals surface area contributed by atoms with E-state index in [9.17, 15) is 0 Å². The van der Waals surface area contributed by atoms with Crippen LogP contribution in [0.1, 0.15) is 18.5 Å². The van der Waals surface area contributed by atoms with Gasteiger partial charge in [-0.1, -0.05) is 11.8 Å². The van der Waals surface area contributed by atoms with Gasteiger partial charge in [-0.05, 0) is 25.9 Å². The summed E-state index contributed by atoms with van der Waals surface area (Å²) in [6, 6.07) is 0. The average molecular weight is 241 g/mol. The highest BCUT2D eigenvalue weighted by atomic mass is 32.2. The van der Waals surface area contributed by atoms with Gasteiger partial charge < -0.3 is 14.6 Å². The standard InChI is InChI=1S/C11H19N3OS/c1-13-10(9-15)8-12-11(13)16-7-6-14-4-2-3-5-14/h8,15H,2-7,9H2,1H3. The number of likely N-dealkylation sites (tertiary alicyclic amines) is 1. The Morgan fingerprint density at radius 2 is 2.19 bits per heavy atom. The molecule has 0 bridgehead atoms. The molecule has 1 aliphatic heterocycles. The molecule has 1 N–H and O–H groups in total. The zero-order valence-corrected chi connectivity index (χ0v) is 10.5. The molecule has 0 saturated carbocycles. The summed E-state index contributed by atoms with van der Waals surface area (Å²) in [5.74, 6) is 1.08. The Balaban J connectivity index is 1.78. The fourth-order valence-corrected chi connectivity index (χ4v) is 2.95. The van der Waals surface area contributed by atoms with Gasteiger partial charge in [-0.25, -0.2) is 4.98 Å². The van der Waals surface area contributed by atoms with E-state index in [4.69, 9.17) is 5.11 Å². The predicted octanol–water partition coefficient (Wildman–Crippen LogP) is 1.10. The van der Waals surface area contributed by atoms with Crippen LogP contribution in [0.15, 0.2) is 11.4 Å². The van der Waals surface area contributed by atoms with Gasteiger partial charge in [-0.2, -0.15) is 0 Å². The van der Waals surface area contributed by atoms with Gasteiger partial charge >= 0.3 is 0 Å². The molecular formula is C11H19N3OS. The maximum atomic E-state index is 9.05. The van der Waals surface area contributed by atoms with E-state index in [2.05, 4.69) is 9.88 Å². The number of aromatic nitrogens is 2. The highest BCUT2D eigenvalue weighted by Gasteiger charge is 2.12. The molecule has 0 unspecified atom stereocenters. The number of imidazole rings is 1. The van der Waals surface area contributed by atoms with Crippen molar-refractivity contribution < 1.29 is 5.11 Å². The second-order valence-electron chi connectivity index (χ2n) is 4.15. The van der Waals surface area contributed by atoms with Crippen LogP contribution in [0.3, 0.4) is 0 Å². The molecular weight excluding hydrogens is 222 g/mol. The summed E-state index contributed by atoms with van der Waals surface area (Å²) in [4.78, 5) is 6.80. The Kier molecular flexibility index (Phi) is 4.26. The second-order valence-corrected chi connectivity index (χ2v) is 5.21. The summed E-state index contributed by atoms with van der Waals surface area (Å²) >= 11 is 1.77. The highest BCUT2D eigenvalue weighted by molar-refractivity contribution is 7.99. The van der Waals surface area contributed by atoms with Crippen molar-refractivity contribution in [2.45, 2.75) is 24.6 Å². The molecule has 2 heterocycles. The first-order valence-electron chi connectivity index (χ1n) is 5.78. The van der Waals surface area contributed by atoms with Gasteiger partial charge in [-0.3, -0.25) is 0 Å². The molecule has 0 aromatic carbocycles. The topological polar surface area (TPSA) is 41.3 Å². The predicted molar refractivity (Wildman–Crippen MR) is 65.5 cm³/mol. The summed E-state index contributed by atoms with van der Waals surface area (Å²) in [7, 11) is 1.96. The fourth-order valence-electron chi connectivity index (χ4n) is 1.98. The van der Waals surface area contributed by atoms with Crippen molar-refractivity contribution in [1.82, 2.24) is 14.5 Å². The number of thioether (sulfide) groups is 1. The minimum atomic E-state index is 0.0657. The monoisotopic (exact) mass is 241 g/mol. The molecule has 90 valence electrons. The normalized spacial score (nSPS) is 17.1. The lowest BCUT2D eigenvalue weighted by molar-refractivity contribution is 0.271. The lowest BCUT2D eigenvalue weighted by Gasteiger charge is -2.13. The third-order valence-corrected chi connectivity index (χ3v) is 4.07. The quantitative estimate of drug-likeness (QED) is 0.784. The SMILES string of the molecule is Cn1c(CO)cnc1SCCN1CCCC1. The van der Waals surface area contributed by atoms with Gasteiger partial charge in [0.15, 0.2) is 5.16 Å². The number of aliphatic hydroxyl groups excluding tert-OH is 1. The molecule has 0 aliphatic carbocycles. The van der Waals surface area contributed by atoms with Crippen LogP contribution < -0.4 is 0 Å². The zero-order valence-electron chi connectivity index (χ0n) is 9.72. The first-order valence-corrected chi connectivity index (χ1v) is 6.76. The van der Waals surface area contributed by atoms with Gasteiger partial charge in [0, 0.05) is 19.3 Å². The van der Waals surface area contributed by atoms with Gasteiger partial charge in [0.1, 0.15) is 0 Å². The van der Waals surface area contributed by atoms with Crippen molar-refractivity contribution in [2.24, 2.45) is 7.05 Å². The molecule has 1 aliphatic rings. The summed E-state index contributed by atoms with van der Waals surface area (Å²) in [5, 5.41) is 10.1. The summed E-state index contributed by atoms with van der Waals surface area (Å²) in [5.41, 5.74) is 0.878. The van der Waals surface area contributed by atoms with Crippen LogP contribution in [0.5, 0.6) is 0 Å². The Bertz CT molecular complexity index is 334. The summed E-state index contributed by atoms with van der Waals surface area (Å²) in [6.45, 7) is 3.72. The van der Waals surface area contributed by atoms with E-state index in [-0.39, 0.29) is 6.61 Å². The number of hydrogen-bond donors (Lipinski definition) is 1. The number of nitrogens with zero attached hydrogens (tertiary/aromatic N) is 3. The minimum Gasteiger partial charge on any atom is -0.390 e. The Morgan fingerprint density at radius 3 is 2.81 bits per heavy atom. The molecule has 1 aromatic rings. The Morgan fingerprint density at radius 1 is 1.44 bits per heavy atom. The summed E-state index contributed by atoms with van der Waals surface area (Å²) < 4.78 is 1.97.